The molecule has 0 saturated heterocycles. The minimum absolute atomic E-state index is 0.0332. The molecule has 2 aromatic carbocycles. The Bertz CT molecular complexity index is 996. The molecule has 1 aromatic heterocycles. The summed E-state index contributed by atoms with van der Waals surface area (Å²) in [4.78, 5) is 2.95. The lowest BCUT2D eigenvalue weighted by atomic mass is 10.1. The number of nitrogens with two attached hydrogens (primary N) is 1. The number of aromatic nitrogens is 1. The fourth-order valence-corrected chi connectivity index (χ4v) is 2.55. The number of aromatic amines is 1. The number of rotatable bonds is 6. The highest BCUT2D eigenvalue weighted by Crippen LogP contribution is 2.35. The number of hydrogen-bond acceptors (Lipinski definition) is 3. The molecule has 0 unspecified atom stereocenters. The molecule has 1 heterocycles. The number of hydrogen-bond donors (Lipinski definition) is 3. The van der Waals surface area contributed by atoms with Crippen molar-refractivity contribution in [1.82, 2.24) is 4.98 Å². The van der Waals surface area contributed by atoms with E-state index in [0.717, 1.165) is 11.5 Å². The van der Waals surface area contributed by atoms with Crippen LogP contribution in [-0.2, 0) is 4.74 Å². The SMILES string of the molecule is CCOC=Cc1c(Oc2ccc(F)c(C(=N)N)c2)c(F)cc2[nH]ccc12. The molecule has 0 fully saturated rings. The van der Waals surface area contributed by atoms with Gasteiger partial charge in [-0.2, -0.15) is 0 Å². The van der Waals surface area contributed by atoms with E-state index >= 15 is 0 Å². The Morgan fingerprint density at radius 1 is 1.23 bits per heavy atom. The van der Waals surface area contributed by atoms with E-state index in [0.29, 0.717) is 17.7 Å². The first kappa shape index (κ1) is 17.5. The van der Waals surface area contributed by atoms with Crippen LogP contribution in [0.1, 0.15) is 18.1 Å². The highest BCUT2D eigenvalue weighted by molar-refractivity contribution is 5.95. The summed E-state index contributed by atoms with van der Waals surface area (Å²) < 4.78 is 39.2. The van der Waals surface area contributed by atoms with E-state index in [4.69, 9.17) is 20.6 Å². The Morgan fingerprint density at radius 3 is 2.77 bits per heavy atom. The maximum Gasteiger partial charge on any atom is 0.171 e. The van der Waals surface area contributed by atoms with Crippen molar-refractivity contribution in [1.29, 1.82) is 5.41 Å². The van der Waals surface area contributed by atoms with E-state index in [1.807, 2.05) is 6.92 Å². The zero-order valence-electron chi connectivity index (χ0n) is 14.0. The quantitative estimate of drug-likeness (QED) is 0.344. The summed E-state index contributed by atoms with van der Waals surface area (Å²) in [5.74, 6) is -1.55. The third-order valence-electron chi connectivity index (χ3n) is 3.75. The van der Waals surface area contributed by atoms with Gasteiger partial charge in [0, 0.05) is 28.7 Å². The van der Waals surface area contributed by atoms with Gasteiger partial charge in [-0.25, -0.2) is 8.78 Å². The largest absolute Gasteiger partial charge is 0.501 e. The van der Waals surface area contributed by atoms with Gasteiger partial charge in [-0.1, -0.05) is 0 Å². The van der Waals surface area contributed by atoms with Gasteiger partial charge in [0.25, 0.3) is 0 Å². The normalized spacial score (nSPS) is 11.2. The first-order valence-electron chi connectivity index (χ1n) is 7.90. The van der Waals surface area contributed by atoms with Gasteiger partial charge in [-0.15, -0.1) is 0 Å². The summed E-state index contributed by atoms with van der Waals surface area (Å²) >= 11 is 0. The molecule has 4 N–H and O–H groups in total. The minimum Gasteiger partial charge on any atom is -0.501 e. The topological polar surface area (TPSA) is 84.1 Å². The maximum absolute atomic E-state index is 14.6. The molecule has 3 rings (SSSR count). The number of ether oxygens (including phenoxy) is 2. The molecule has 0 aliphatic carbocycles. The number of benzene rings is 2. The van der Waals surface area contributed by atoms with E-state index in [1.165, 1.54) is 24.5 Å². The van der Waals surface area contributed by atoms with Crippen molar-refractivity contribution in [2.75, 3.05) is 6.61 Å². The van der Waals surface area contributed by atoms with Crippen LogP contribution < -0.4 is 10.5 Å². The average molecular weight is 357 g/mol. The van der Waals surface area contributed by atoms with E-state index in [-0.39, 0.29) is 17.1 Å². The second kappa shape index (κ2) is 7.26. The highest BCUT2D eigenvalue weighted by Gasteiger charge is 2.16. The molecule has 0 aliphatic heterocycles. The monoisotopic (exact) mass is 357 g/mol. The van der Waals surface area contributed by atoms with Crippen molar-refractivity contribution in [3.63, 3.8) is 0 Å². The predicted octanol–water partition coefficient (Wildman–Crippen LogP) is 4.53. The summed E-state index contributed by atoms with van der Waals surface area (Å²) in [5.41, 5.74) is 6.33. The van der Waals surface area contributed by atoms with E-state index in [1.54, 1.807) is 18.3 Å². The van der Waals surface area contributed by atoms with Crippen LogP contribution in [0.25, 0.3) is 17.0 Å². The van der Waals surface area contributed by atoms with Gasteiger partial charge in [0.15, 0.2) is 11.6 Å². The van der Waals surface area contributed by atoms with E-state index in [9.17, 15) is 8.78 Å². The van der Waals surface area contributed by atoms with Crippen LogP contribution in [0.3, 0.4) is 0 Å². The average Bonchev–Trinajstić information content (AvgIpc) is 3.06. The Morgan fingerprint density at radius 2 is 2.04 bits per heavy atom. The number of amidine groups is 1. The lowest BCUT2D eigenvalue weighted by Gasteiger charge is -2.12. The zero-order valence-corrected chi connectivity index (χ0v) is 14.0. The lowest BCUT2D eigenvalue weighted by molar-refractivity contribution is 0.272. The lowest BCUT2D eigenvalue weighted by Crippen LogP contribution is -2.13. The Labute approximate surface area is 148 Å². The van der Waals surface area contributed by atoms with Crippen molar-refractivity contribution < 1.29 is 18.3 Å². The smallest absolute Gasteiger partial charge is 0.171 e. The fourth-order valence-electron chi connectivity index (χ4n) is 2.55. The molecule has 3 aromatic rings. The number of nitrogen functional groups attached to an aromatic ring is 1. The molecule has 134 valence electrons. The molecule has 0 bridgehead atoms. The van der Waals surface area contributed by atoms with Gasteiger partial charge in [-0.05, 0) is 37.3 Å². The Hall–Kier alpha value is -3.35. The number of H-pyrrole nitrogens is 1. The van der Waals surface area contributed by atoms with E-state index in [2.05, 4.69) is 4.98 Å². The van der Waals surface area contributed by atoms with Crippen LogP contribution in [0.15, 0.2) is 42.8 Å². The highest BCUT2D eigenvalue weighted by atomic mass is 19.1. The van der Waals surface area contributed by atoms with Crippen LogP contribution >= 0.6 is 0 Å². The summed E-state index contributed by atoms with van der Waals surface area (Å²) in [6, 6.07) is 6.83. The van der Waals surface area contributed by atoms with Gasteiger partial charge in [-0.3, -0.25) is 5.41 Å². The summed E-state index contributed by atoms with van der Waals surface area (Å²) in [6.45, 7) is 2.30. The standard InChI is InChI=1S/C19H17F2N3O2/c1-2-25-8-6-13-12-5-7-24-17(12)10-16(21)18(13)26-11-3-4-15(20)14(9-11)19(22)23/h3-10,24H,2H2,1H3,(H3,22,23). The predicted molar refractivity (Wildman–Crippen MR) is 96.4 cm³/mol. The molecular formula is C19H17F2N3O2. The molecule has 0 saturated carbocycles. The Balaban J connectivity index is 2.09. The van der Waals surface area contributed by atoms with Crippen molar-refractivity contribution >= 4 is 22.8 Å². The summed E-state index contributed by atoms with van der Waals surface area (Å²) in [5, 5.41) is 8.15. The maximum atomic E-state index is 14.6. The van der Waals surface area contributed by atoms with Crippen molar-refractivity contribution in [2.45, 2.75) is 6.92 Å². The fraction of sp³-hybridized carbons (Fsp3) is 0.105. The molecule has 5 nitrogen and oxygen atoms in total. The first-order chi connectivity index (χ1) is 12.5. The molecular weight excluding hydrogens is 340 g/mol. The summed E-state index contributed by atoms with van der Waals surface area (Å²) in [7, 11) is 0. The molecule has 0 aliphatic rings. The zero-order chi connectivity index (χ0) is 18.7. The van der Waals surface area contributed by atoms with Crippen LogP contribution in [0.4, 0.5) is 8.78 Å². The minimum atomic E-state index is -0.650. The summed E-state index contributed by atoms with van der Waals surface area (Å²) in [6.07, 6.45) is 4.75. The molecule has 0 amide bonds. The second-order valence-electron chi connectivity index (χ2n) is 5.46. The van der Waals surface area contributed by atoms with Crippen molar-refractivity contribution in [3.8, 4) is 11.5 Å². The van der Waals surface area contributed by atoms with Crippen LogP contribution in [0.2, 0.25) is 0 Å². The van der Waals surface area contributed by atoms with Crippen molar-refractivity contribution in [2.24, 2.45) is 5.73 Å². The number of fused-ring (bicyclic) bond motifs is 1. The number of nitrogens with one attached hydrogen (secondary N) is 2. The van der Waals surface area contributed by atoms with Gasteiger partial charge >= 0.3 is 0 Å². The van der Waals surface area contributed by atoms with Gasteiger partial charge in [0.1, 0.15) is 17.4 Å². The molecule has 7 heteroatoms. The van der Waals surface area contributed by atoms with Crippen molar-refractivity contribution in [3.05, 3.63) is 65.6 Å². The molecule has 0 spiro atoms. The first-order valence-corrected chi connectivity index (χ1v) is 7.90. The van der Waals surface area contributed by atoms with Gasteiger partial charge in [0.05, 0.1) is 18.4 Å². The van der Waals surface area contributed by atoms with E-state index < -0.39 is 17.5 Å². The molecule has 26 heavy (non-hydrogen) atoms. The van der Waals surface area contributed by atoms with Crippen LogP contribution in [-0.4, -0.2) is 17.4 Å². The van der Waals surface area contributed by atoms with Crippen LogP contribution in [0.5, 0.6) is 11.5 Å². The third kappa shape index (κ3) is 3.37. The Kier molecular flexibility index (Phi) is 4.88. The van der Waals surface area contributed by atoms with Gasteiger partial charge < -0.3 is 20.2 Å². The second-order valence-corrected chi connectivity index (χ2v) is 5.46. The third-order valence-corrected chi connectivity index (χ3v) is 3.75. The molecule has 0 atom stereocenters. The molecule has 0 radical (unpaired) electrons. The van der Waals surface area contributed by atoms with Gasteiger partial charge in [0.2, 0.25) is 0 Å². The number of halogens is 2. The van der Waals surface area contributed by atoms with Crippen LogP contribution in [0, 0.1) is 17.0 Å².